The fourth-order valence-electron chi connectivity index (χ4n) is 1.01. The van der Waals surface area contributed by atoms with Crippen molar-refractivity contribution in [3.63, 3.8) is 0 Å². The number of nitrogens with zero attached hydrogens (tertiary/aromatic N) is 1. The van der Waals surface area contributed by atoms with Crippen LogP contribution in [0.15, 0.2) is 6.20 Å². The topological polar surface area (TPSA) is 42.4 Å². The fourth-order valence-corrected chi connectivity index (χ4v) is 1.74. The molecule has 96 valence electrons. The van der Waals surface area contributed by atoms with Crippen LogP contribution in [0.1, 0.15) is 17.7 Å². The lowest BCUT2D eigenvalue weighted by atomic mass is 10.2. The van der Waals surface area contributed by atoms with Crippen LogP contribution in [0.25, 0.3) is 0 Å². The molecule has 1 rings (SSSR count). The molecule has 0 radical (unpaired) electrons. The SMILES string of the molecule is OCc1ncc(C(F)F)c(OC(F)(F)F)c1I. The van der Waals surface area contributed by atoms with Crippen molar-refractivity contribution in [1.29, 1.82) is 0 Å². The smallest absolute Gasteiger partial charge is 0.404 e. The highest BCUT2D eigenvalue weighted by molar-refractivity contribution is 14.1. The third-order valence-electron chi connectivity index (χ3n) is 1.68. The minimum atomic E-state index is -5.09. The van der Waals surface area contributed by atoms with Gasteiger partial charge in [-0.05, 0) is 22.6 Å². The molecule has 0 aliphatic rings. The maximum absolute atomic E-state index is 12.5. The van der Waals surface area contributed by atoms with Crippen LogP contribution in [0.4, 0.5) is 22.0 Å². The summed E-state index contributed by atoms with van der Waals surface area (Å²) in [7, 11) is 0. The summed E-state index contributed by atoms with van der Waals surface area (Å²) in [4.78, 5) is 3.42. The molecule has 0 spiro atoms. The van der Waals surface area contributed by atoms with E-state index in [4.69, 9.17) is 5.11 Å². The Morgan fingerprint density at radius 3 is 2.41 bits per heavy atom. The van der Waals surface area contributed by atoms with E-state index in [0.717, 1.165) is 0 Å². The Kier molecular flexibility index (Phi) is 4.47. The number of alkyl halides is 5. The van der Waals surface area contributed by atoms with E-state index in [1.165, 1.54) is 22.6 Å². The number of hydrogen-bond acceptors (Lipinski definition) is 3. The monoisotopic (exact) mass is 369 g/mol. The average molecular weight is 369 g/mol. The minimum Gasteiger partial charge on any atom is -0.404 e. The molecule has 17 heavy (non-hydrogen) atoms. The molecule has 1 aromatic rings. The van der Waals surface area contributed by atoms with Gasteiger partial charge in [-0.2, -0.15) is 0 Å². The molecule has 0 atom stereocenters. The standard InChI is InChI=1S/C8H5F5INO2/c9-7(10)3-1-15-4(2-16)5(14)6(3)17-8(11,12)13/h1,7,16H,2H2. The minimum absolute atomic E-state index is 0.158. The van der Waals surface area contributed by atoms with E-state index in [1.54, 1.807) is 0 Å². The van der Waals surface area contributed by atoms with Gasteiger partial charge in [-0.25, -0.2) is 8.78 Å². The van der Waals surface area contributed by atoms with Gasteiger partial charge in [-0.1, -0.05) is 0 Å². The Morgan fingerprint density at radius 2 is 2.00 bits per heavy atom. The van der Waals surface area contributed by atoms with E-state index >= 15 is 0 Å². The molecule has 0 fully saturated rings. The van der Waals surface area contributed by atoms with Crippen molar-refractivity contribution < 1.29 is 31.8 Å². The van der Waals surface area contributed by atoms with Gasteiger partial charge in [0.05, 0.1) is 21.4 Å². The van der Waals surface area contributed by atoms with Crippen LogP contribution in [0.3, 0.4) is 0 Å². The van der Waals surface area contributed by atoms with Crippen LogP contribution in [0.2, 0.25) is 0 Å². The van der Waals surface area contributed by atoms with Crippen LogP contribution < -0.4 is 4.74 Å². The Bertz CT molecular complexity index is 410. The van der Waals surface area contributed by atoms with E-state index in [2.05, 4.69) is 9.72 Å². The molecule has 1 aromatic heterocycles. The second kappa shape index (κ2) is 5.29. The first kappa shape index (κ1) is 14.4. The number of hydrogen-bond donors (Lipinski definition) is 1. The highest BCUT2D eigenvalue weighted by Crippen LogP contribution is 2.37. The second-order valence-electron chi connectivity index (χ2n) is 2.81. The van der Waals surface area contributed by atoms with Crippen molar-refractivity contribution in [3.8, 4) is 5.75 Å². The summed E-state index contributed by atoms with van der Waals surface area (Å²) in [6.45, 7) is -0.671. The van der Waals surface area contributed by atoms with Crippen molar-refractivity contribution >= 4 is 22.6 Å². The van der Waals surface area contributed by atoms with Crippen molar-refractivity contribution in [2.24, 2.45) is 0 Å². The van der Waals surface area contributed by atoms with Gasteiger partial charge in [-0.15, -0.1) is 13.2 Å². The number of halogens is 6. The molecule has 0 unspecified atom stereocenters. The summed E-state index contributed by atoms with van der Waals surface area (Å²) < 4.78 is 64.3. The Morgan fingerprint density at radius 1 is 1.41 bits per heavy atom. The number of rotatable bonds is 3. The second-order valence-corrected chi connectivity index (χ2v) is 3.89. The third kappa shape index (κ3) is 3.63. The van der Waals surface area contributed by atoms with Gasteiger partial charge in [-0.3, -0.25) is 4.98 Å². The number of aliphatic hydroxyl groups excluding tert-OH is 1. The lowest BCUT2D eigenvalue weighted by molar-refractivity contribution is -0.275. The summed E-state index contributed by atoms with van der Waals surface area (Å²) >= 11 is 1.36. The normalized spacial score (nSPS) is 12.0. The molecule has 3 nitrogen and oxygen atoms in total. The van der Waals surface area contributed by atoms with Crippen LogP contribution in [0, 0.1) is 3.57 Å². The van der Waals surface area contributed by atoms with Crippen LogP contribution >= 0.6 is 22.6 Å². The number of ether oxygens (including phenoxy) is 1. The summed E-state index contributed by atoms with van der Waals surface area (Å²) in [6.07, 6.45) is -7.68. The summed E-state index contributed by atoms with van der Waals surface area (Å²) in [5.74, 6) is -1.02. The molecule has 0 aliphatic carbocycles. The Hall–Kier alpha value is -0.710. The molecule has 0 saturated carbocycles. The van der Waals surface area contributed by atoms with Gasteiger partial charge in [0.2, 0.25) is 0 Å². The van der Waals surface area contributed by atoms with E-state index in [9.17, 15) is 22.0 Å². The molecular weight excluding hydrogens is 364 g/mol. The molecule has 0 bridgehead atoms. The van der Waals surface area contributed by atoms with E-state index in [-0.39, 0.29) is 9.26 Å². The zero-order valence-electron chi connectivity index (χ0n) is 7.93. The number of pyridine rings is 1. The lowest BCUT2D eigenvalue weighted by Crippen LogP contribution is -2.20. The van der Waals surface area contributed by atoms with Crippen molar-refractivity contribution in [1.82, 2.24) is 4.98 Å². The lowest BCUT2D eigenvalue weighted by Gasteiger charge is -2.15. The van der Waals surface area contributed by atoms with Gasteiger partial charge in [0.15, 0.2) is 5.75 Å². The van der Waals surface area contributed by atoms with Gasteiger partial charge < -0.3 is 9.84 Å². The van der Waals surface area contributed by atoms with E-state index < -0.39 is 30.7 Å². The van der Waals surface area contributed by atoms with Crippen LogP contribution in [-0.4, -0.2) is 16.5 Å². The number of aromatic nitrogens is 1. The third-order valence-corrected chi connectivity index (χ3v) is 2.79. The van der Waals surface area contributed by atoms with E-state index in [1.807, 2.05) is 0 Å². The predicted molar refractivity (Wildman–Crippen MR) is 54.5 cm³/mol. The van der Waals surface area contributed by atoms with Gasteiger partial charge in [0, 0.05) is 6.20 Å². The molecule has 0 saturated heterocycles. The maximum atomic E-state index is 12.5. The number of aliphatic hydroxyl groups is 1. The highest BCUT2D eigenvalue weighted by Gasteiger charge is 2.35. The van der Waals surface area contributed by atoms with Gasteiger partial charge in [0.25, 0.3) is 6.43 Å². The Labute approximate surface area is 106 Å². The molecule has 9 heteroatoms. The summed E-state index contributed by atoms with van der Waals surface area (Å²) in [5.41, 5.74) is -1.13. The predicted octanol–water partition coefficient (Wildman–Crippen LogP) is 3.01. The average Bonchev–Trinajstić information content (AvgIpc) is 2.18. The van der Waals surface area contributed by atoms with Crippen molar-refractivity contribution in [2.75, 3.05) is 0 Å². The zero-order valence-corrected chi connectivity index (χ0v) is 10.1. The quantitative estimate of drug-likeness (QED) is 0.658. The first-order valence-corrected chi connectivity index (χ1v) is 5.16. The fraction of sp³-hybridized carbons (Fsp3) is 0.375. The van der Waals surface area contributed by atoms with E-state index in [0.29, 0.717) is 6.20 Å². The highest BCUT2D eigenvalue weighted by atomic mass is 127. The Balaban J connectivity index is 3.30. The summed E-state index contributed by atoms with van der Waals surface area (Å²) in [5, 5.41) is 8.78. The first-order valence-electron chi connectivity index (χ1n) is 4.08. The molecule has 1 heterocycles. The summed E-state index contributed by atoms with van der Waals surface area (Å²) in [6, 6.07) is 0. The molecule has 0 aromatic carbocycles. The van der Waals surface area contributed by atoms with Gasteiger partial charge in [0.1, 0.15) is 0 Å². The molecule has 1 N–H and O–H groups in total. The largest absolute Gasteiger partial charge is 0.573 e. The van der Waals surface area contributed by atoms with Crippen molar-refractivity contribution in [2.45, 2.75) is 19.4 Å². The molecule has 0 amide bonds. The van der Waals surface area contributed by atoms with Crippen LogP contribution in [-0.2, 0) is 6.61 Å². The molecule has 0 aliphatic heterocycles. The molecular formula is C8H5F5INO2. The van der Waals surface area contributed by atoms with Crippen molar-refractivity contribution in [3.05, 3.63) is 21.0 Å². The maximum Gasteiger partial charge on any atom is 0.573 e. The van der Waals surface area contributed by atoms with Crippen LogP contribution in [0.5, 0.6) is 5.75 Å². The zero-order chi connectivity index (χ0) is 13.2. The first-order chi connectivity index (χ1) is 7.76. The van der Waals surface area contributed by atoms with Gasteiger partial charge >= 0.3 is 6.36 Å².